The minimum atomic E-state index is 0.256. The van der Waals surface area contributed by atoms with Crippen LogP contribution in [0, 0.1) is 0 Å². The minimum absolute atomic E-state index is 0.256. The standard InChI is InChI=1S/C22H28N2O/c1-23(2)21-9-6-15-24(16-14-21)22(25)17-18-10-12-20(13-11-18)19-7-4-3-5-8-19/h3-5,7-8,10-13,21H,6,9,14-17H2,1-2H3/t21-/m1/s1. The average molecular weight is 336 g/mol. The smallest absolute Gasteiger partial charge is 0.226 e. The molecule has 2 aromatic carbocycles. The third-order valence-corrected chi connectivity index (χ3v) is 5.20. The summed E-state index contributed by atoms with van der Waals surface area (Å²) >= 11 is 0. The van der Waals surface area contributed by atoms with Gasteiger partial charge < -0.3 is 9.80 Å². The van der Waals surface area contributed by atoms with Gasteiger partial charge in [-0.3, -0.25) is 4.79 Å². The van der Waals surface area contributed by atoms with Crippen LogP contribution in [-0.2, 0) is 11.2 Å². The summed E-state index contributed by atoms with van der Waals surface area (Å²) in [5.41, 5.74) is 3.50. The monoisotopic (exact) mass is 336 g/mol. The van der Waals surface area contributed by atoms with Crippen molar-refractivity contribution >= 4 is 5.91 Å². The number of hydrogen-bond donors (Lipinski definition) is 0. The van der Waals surface area contributed by atoms with Crippen LogP contribution in [0.15, 0.2) is 54.6 Å². The van der Waals surface area contributed by atoms with E-state index in [0.717, 1.165) is 31.5 Å². The van der Waals surface area contributed by atoms with Gasteiger partial charge in [-0.05, 0) is 50.0 Å². The van der Waals surface area contributed by atoms with E-state index in [-0.39, 0.29) is 5.91 Å². The largest absolute Gasteiger partial charge is 0.342 e. The molecule has 1 aliphatic heterocycles. The summed E-state index contributed by atoms with van der Waals surface area (Å²) in [4.78, 5) is 17.0. The van der Waals surface area contributed by atoms with Crippen molar-refractivity contribution in [1.82, 2.24) is 9.80 Å². The molecule has 1 heterocycles. The van der Waals surface area contributed by atoms with E-state index in [1.807, 2.05) is 18.2 Å². The van der Waals surface area contributed by atoms with E-state index in [0.29, 0.717) is 12.5 Å². The zero-order valence-corrected chi connectivity index (χ0v) is 15.3. The summed E-state index contributed by atoms with van der Waals surface area (Å²) in [5, 5.41) is 0. The maximum atomic E-state index is 12.7. The zero-order valence-electron chi connectivity index (χ0n) is 15.3. The van der Waals surface area contributed by atoms with E-state index < -0.39 is 0 Å². The number of carbonyl (C=O) groups excluding carboxylic acids is 1. The molecule has 3 nitrogen and oxygen atoms in total. The molecule has 3 heteroatoms. The summed E-state index contributed by atoms with van der Waals surface area (Å²) < 4.78 is 0. The lowest BCUT2D eigenvalue weighted by Crippen LogP contribution is -2.34. The van der Waals surface area contributed by atoms with Gasteiger partial charge in [0, 0.05) is 19.1 Å². The number of carbonyl (C=O) groups is 1. The number of amides is 1. The Bertz CT molecular complexity index is 679. The van der Waals surface area contributed by atoms with Gasteiger partial charge in [-0.15, -0.1) is 0 Å². The lowest BCUT2D eigenvalue weighted by molar-refractivity contribution is -0.130. The molecule has 1 atom stereocenters. The van der Waals surface area contributed by atoms with Gasteiger partial charge in [0.25, 0.3) is 0 Å². The molecule has 0 radical (unpaired) electrons. The molecule has 132 valence electrons. The topological polar surface area (TPSA) is 23.6 Å². The van der Waals surface area contributed by atoms with Gasteiger partial charge >= 0.3 is 0 Å². The van der Waals surface area contributed by atoms with Gasteiger partial charge in [-0.2, -0.15) is 0 Å². The van der Waals surface area contributed by atoms with E-state index in [2.05, 4.69) is 60.3 Å². The Morgan fingerprint density at radius 1 is 0.960 bits per heavy atom. The van der Waals surface area contributed by atoms with Crippen molar-refractivity contribution in [2.75, 3.05) is 27.2 Å². The Kier molecular flexibility index (Phi) is 5.87. The van der Waals surface area contributed by atoms with Crippen LogP contribution in [0.1, 0.15) is 24.8 Å². The molecule has 3 rings (SSSR count). The fourth-order valence-corrected chi connectivity index (χ4v) is 3.58. The van der Waals surface area contributed by atoms with Crippen LogP contribution >= 0.6 is 0 Å². The van der Waals surface area contributed by atoms with Gasteiger partial charge in [0.05, 0.1) is 6.42 Å². The van der Waals surface area contributed by atoms with E-state index in [1.54, 1.807) is 0 Å². The van der Waals surface area contributed by atoms with Crippen LogP contribution in [0.2, 0.25) is 0 Å². The SMILES string of the molecule is CN(C)[C@@H]1CCCN(C(=O)Cc2ccc(-c3ccccc3)cc2)CC1. The van der Waals surface area contributed by atoms with Crippen molar-refractivity contribution in [3.05, 3.63) is 60.2 Å². The molecule has 0 N–H and O–H groups in total. The summed E-state index contributed by atoms with van der Waals surface area (Å²) in [6.07, 6.45) is 3.86. The first kappa shape index (κ1) is 17.7. The van der Waals surface area contributed by atoms with E-state index in [1.165, 1.54) is 17.5 Å². The third kappa shape index (κ3) is 4.70. The lowest BCUT2D eigenvalue weighted by atomic mass is 10.0. The molecule has 0 aromatic heterocycles. The van der Waals surface area contributed by atoms with Crippen LogP contribution in [-0.4, -0.2) is 48.9 Å². The molecule has 25 heavy (non-hydrogen) atoms. The van der Waals surface area contributed by atoms with Crippen molar-refractivity contribution in [3.63, 3.8) is 0 Å². The predicted molar refractivity (Wildman–Crippen MR) is 103 cm³/mol. The number of rotatable bonds is 4. The van der Waals surface area contributed by atoms with Crippen LogP contribution in [0.25, 0.3) is 11.1 Å². The van der Waals surface area contributed by atoms with Gasteiger partial charge in [0.15, 0.2) is 0 Å². The summed E-state index contributed by atoms with van der Waals surface area (Å²) in [5.74, 6) is 0.256. The van der Waals surface area contributed by atoms with E-state index in [9.17, 15) is 4.79 Å². The molecule has 0 spiro atoms. The average Bonchev–Trinajstić information content (AvgIpc) is 2.89. The second kappa shape index (κ2) is 8.30. The maximum Gasteiger partial charge on any atom is 0.226 e. The number of nitrogens with zero attached hydrogens (tertiary/aromatic N) is 2. The molecule has 0 bridgehead atoms. The van der Waals surface area contributed by atoms with Crippen molar-refractivity contribution in [2.45, 2.75) is 31.7 Å². The number of hydrogen-bond acceptors (Lipinski definition) is 2. The van der Waals surface area contributed by atoms with E-state index >= 15 is 0 Å². The number of likely N-dealkylation sites (tertiary alicyclic amines) is 1. The van der Waals surface area contributed by atoms with Crippen molar-refractivity contribution in [2.24, 2.45) is 0 Å². The Balaban J connectivity index is 1.59. The van der Waals surface area contributed by atoms with Crippen molar-refractivity contribution in [1.29, 1.82) is 0 Å². The number of benzene rings is 2. The quantitative estimate of drug-likeness (QED) is 0.847. The van der Waals surface area contributed by atoms with Crippen LogP contribution in [0.5, 0.6) is 0 Å². The highest BCUT2D eigenvalue weighted by Gasteiger charge is 2.21. The molecule has 1 saturated heterocycles. The molecule has 0 saturated carbocycles. The van der Waals surface area contributed by atoms with Crippen LogP contribution in [0.4, 0.5) is 0 Å². The Hall–Kier alpha value is -2.13. The third-order valence-electron chi connectivity index (χ3n) is 5.20. The van der Waals surface area contributed by atoms with Gasteiger partial charge in [0.1, 0.15) is 0 Å². The summed E-state index contributed by atoms with van der Waals surface area (Å²) in [7, 11) is 4.27. The van der Waals surface area contributed by atoms with Crippen LogP contribution < -0.4 is 0 Å². The van der Waals surface area contributed by atoms with E-state index in [4.69, 9.17) is 0 Å². The molecule has 1 amide bonds. The zero-order chi connectivity index (χ0) is 17.6. The molecular formula is C22H28N2O. The molecule has 1 aliphatic rings. The summed E-state index contributed by atoms with van der Waals surface area (Å²) in [6, 6.07) is 19.3. The molecule has 0 unspecified atom stereocenters. The fraction of sp³-hybridized carbons (Fsp3) is 0.409. The Labute approximate surface area is 151 Å². The second-order valence-corrected chi connectivity index (χ2v) is 7.17. The Morgan fingerprint density at radius 2 is 1.64 bits per heavy atom. The lowest BCUT2D eigenvalue weighted by Gasteiger charge is -2.23. The molecule has 2 aromatic rings. The van der Waals surface area contributed by atoms with Gasteiger partial charge in [-0.1, -0.05) is 54.6 Å². The van der Waals surface area contributed by atoms with Crippen molar-refractivity contribution < 1.29 is 4.79 Å². The molecular weight excluding hydrogens is 308 g/mol. The molecule has 0 aliphatic carbocycles. The fourth-order valence-electron chi connectivity index (χ4n) is 3.58. The second-order valence-electron chi connectivity index (χ2n) is 7.17. The normalized spacial score (nSPS) is 18.2. The highest BCUT2D eigenvalue weighted by Crippen LogP contribution is 2.20. The minimum Gasteiger partial charge on any atom is -0.342 e. The maximum absolute atomic E-state index is 12.7. The highest BCUT2D eigenvalue weighted by molar-refractivity contribution is 5.79. The first-order chi connectivity index (χ1) is 12.1. The predicted octanol–water partition coefficient (Wildman–Crippen LogP) is 3.84. The van der Waals surface area contributed by atoms with Crippen LogP contribution in [0.3, 0.4) is 0 Å². The first-order valence-corrected chi connectivity index (χ1v) is 9.22. The Morgan fingerprint density at radius 3 is 2.32 bits per heavy atom. The molecule has 1 fully saturated rings. The van der Waals surface area contributed by atoms with Gasteiger partial charge in [0.2, 0.25) is 5.91 Å². The highest BCUT2D eigenvalue weighted by atomic mass is 16.2. The first-order valence-electron chi connectivity index (χ1n) is 9.22. The summed E-state index contributed by atoms with van der Waals surface area (Å²) in [6.45, 7) is 1.77. The van der Waals surface area contributed by atoms with Crippen molar-refractivity contribution in [3.8, 4) is 11.1 Å². The van der Waals surface area contributed by atoms with Gasteiger partial charge in [-0.25, -0.2) is 0 Å².